The number of carbonyl (C=O) groups is 1. The summed E-state index contributed by atoms with van der Waals surface area (Å²) in [5.74, 6) is 0.699. The van der Waals surface area contributed by atoms with Crippen molar-refractivity contribution in [2.75, 3.05) is 0 Å². The van der Waals surface area contributed by atoms with Gasteiger partial charge in [-0.2, -0.15) is 0 Å². The lowest BCUT2D eigenvalue weighted by molar-refractivity contribution is 0.0697. The number of carboxylic acid groups (broad SMARTS) is 1. The lowest BCUT2D eigenvalue weighted by Gasteiger charge is -2.19. The standard InChI is InChI=1S/C16H22N2O2/c1-5-10(2)8-11(3)18-12(4)17-14-9-13(16(19)20)6-7-15(14)18/h6-7,9-11H,5,8H2,1-4H3,(H,19,20). The highest BCUT2D eigenvalue weighted by molar-refractivity contribution is 5.92. The van der Waals surface area contributed by atoms with Crippen LogP contribution in [0.2, 0.25) is 0 Å². The van der Waals surface area contributed by atoms with E-state index in [0.717, 1.165) is 23.3 Å². The smallest absolute Gasteiger partial charge is 0.335 e. The highest BCUT2D eigenvalue weighted by Crippen LogP contribution is 2.26. The first kappa shape index (κ1) is 14.6. The van der Waals surface area contributed by atoms with E-state index in [9.17, 15) is 4.79 Å². The Labute approximate surface area is 119 Å². The Morgan fingerprint density at radius 1 is 1.40 bits per heavy atom. The molecule has 0 radical (unpaired) electrons. The number of hydrogen-bond donors (Lipinski definition) is 1. The molecule has 0 aliphatic carbocycles. The van der Waals surface area contributed by atoms with Gasteiger partial charge in [0, 0.05) is 6.04 Å². The zero-order valence-corrected chi connectivity index (χ0v) is 12.6. The van der Waals surface area contributed by atoms with Gasteiger partial charge >= 0.3 is 5.97 Å². The Balaban J connectivity index is 2.43. The normalized spacial score (nSPS) is 14.4. The van der Waals surface area contributed by atoms with E-state index in [1.54, 1.807) is 12.1 Å². The number of aromatic carboxylic acids is 1. The van der Waals surface area contributed by atoms with Crippen molar-refractivity contribution in [3.8, 4) is 0 Å². The number of aryl methyl sites for hydroxylation is 1. The summed E-state index contributed by atoms with van der Waals surface area (Å²) >= 11 is 0. The predicted molar refractivity (Wildman–Crippen MR) is 80.2 cm³/mol. The molecule has 0 saturated heterocycles. The molecule has 0 aliphatic heterocycles. The second kappa shape index (κ2) is 5.65. The van der Waals surface area contributed by atoms with Crippen LogP contribution < -0.4 is 0 Å². The molecule has 1 aromatic heterocycles. The summed E-state index contributed by atoms with van der Waals surface area (Å²) in [5, 5.41) is 9.05. The number of nitrogens with zero attached hydrogens (tertiary/aromatic N) is 2. The fraction of sp³-hybridized carbons (Fsp3) is 0.500. The highest BCUT2D eigenvalue weighted by Gasteiger charge is 2.16. The van der Waals surface area contributed by atoms with Crippen LogP contribution in [-0.4, -0.2) is 20.6 Å². The lowest BCUT2D eigenvalue weighted by Crippen LogP contribution is -2.10. The zero-order chi connectivity index (χ0) is 14.9. The number of benzene rings is 1. The molecule has 1 aromatic carbocycles. The minimum atomic E-state index is -0.910. The molecule has 4 heteroatoms. The second-order valence-corrected chi connectivity index (χ2v) is 5.64. The Bertz CT molecular complexity index is 631. The molecule has 0 bridgehead atoms. The van der Waals surface area contributed by atoms with Gasteiger partial charge in [-0.25, -0.2) is 9.78 Å². The minimum Gasteiger partial charge on any atom is -0.478 e. The highest BCUT2D eigenvalue weighted by atomic mass is 16.4. The van der Waals surface area contributed by atoms with E-state index >= 15 is 0 Å². The van der Waals surface area contributed by atoms with Crippen LogP contribution in [-0.2, 0) is 0 Å². The van der Waals surface area contributed by atoms with Crippen LogP contribution in [0, 0.1) is 12.8 Å². The van der Waals surface area contributed by atoms with Gasteiger partial charge in [0.1, 0.15) is 5.82 Å². The molecule has 20 heavy (non-hydrogen) atoms. The molecule has 0 amide bonds. The average molecular weight is 274 g/mol. The number of aromatic nitrogens is 2. The third-order valence-electron chi connectivity index (χ3n) is 3.99. The van der Waals surface area contributed by atoms with Crippen molar-refractivity contribution in [1.82, 2.24) is 9.55 Å². The van der Waals surface area contributed by atoms with Crippen LogP contribution in [0.15, 0.2) is 18.2 Å². The van der Waals surface area contributed by atoms with Gasteiger partial charge in [-0.1, -0.05) is 20.3 Å². The van der Waals surface area contributed by atoms with Crippen LogP contribution >= 0.6 is 0 Å². The van der Waals surface area contributed by atoms with Crippen molar-refractivity contribution >= 4 is 17.0 Å². The van der Waals surface area contributed by atoms with Gasteiger partial charge in [0.05, 0.1) is 16.6 Å². The number of rotatable bonds is 5. The molecule has 0 saturated carbocycles. The van der Waals surface area contributed by atoms with Gasteiger partial charge < -0.3 is 9.67 Å². The van der Waals surface area contributed by atoms with Gasteiger partial charge in [0.15, 0.2) is 0 Å². The largest absolute Gasteiger partial charge is 0.478 e. The van der Waals surface area contributed by atoms with Crippen molar-refractivity contribution < 1.29 is 9.90 Å². The number of imidazole rings is 1. The summed E-state index contributed by atoms with van der Waals surface area (Å²) in [7, 11) is 0. The molecular formula is C16H22N2O2. The van der Waals surface area contributed by atoms with E-state index in [2.05, 4.69) is 30.3 Å². The fourth-order valence-electron chi connectivity index (χ4n) is 2.76. The molecule has 4 nitrogen and oxygen atoms in total. The van der Waals surface area contributed by atoms with E-state index in [-0.39, 0.29) is 5.56 Å². The van der Waals surface area contributed by atoms with Gasteiger partial charge in [-0.05, 0) is 44.4 Å². The SMILES string of the molecule is CCC(C)CC(C)n1c(C)nc2cc(C(=O)O)ccc21. The van der Waals surface area contributed by atoms with Crippen LogP contribution in [0.1, 0.15) is 55.8 Å². The maximum absolute atomic E-state index is 11.0. The molecule has 1 N–H and O–H groups in total. The van der Waals surface area contributed by atoms with Crippen molar-refractivity contribution in [3.05, 3.63) is 29.6 Å². The van der Waals surface area contributed by atoms with Gasteiger partial charge in [0.2, 0.25) is 0 Å². The first-order chi connectivity index (χ1) is 9.43. The van der Waals surface area contributed by atoms with Gasteiger partial charge in [-0.3, -0.25) is 0 Å². The van der Waals surface area contributed by atoms with Crippen LogP contribution in [0.4, 0.5) is 0 Å². The molecule has 0 fully saturated rings. The monoisotopic (exact) mass is 274 g/mol. The molecule has 2 aromatic rings. The molecule has 2 rings (SSSR count). The molecule has 0 aliphatic rings. The van der Waals surface area contributed by atoms with Crippen molar-refractivity contribution in [3.63, 3.8) is 0 Å². The summed E-state index contributed by atoms with van der Waals surface area (Å²) < 4.78 is 2.22. The summed E-state index contributed by atoms with van der Waals surface area (Å²) in [4.78, 5) is 15.5. The summed E-state index contributed by atoms with van der Waals surface area (Å²) in [5.41, 5.74) is 2.07. The number of hydrogen-bond acceptors (Lipinski definition) is 2. The Kier molecular flexibility index (Phi) is 4.12. The van der Waals surface area contributed by atoms with Gasteiger partial charge in [-0.15, -0.1) is 0 Å². The summed E-state index contributed by atoms with van der Waals surface area (Å²) in [6.45, 7) is 8.64. The summed E-state index contributed by atoms with van der Waals surface area (Å²) in [6, 6.07) is 5.53. The first-order valence-corrected chi connectivity index (χ1v) is 7.15. The van der Waals surface area contributed by atoms with E-state index < -0.39 is 5.97 Å². The molecule has 1 heterocycles. The van der Waals surface area contributed by atoms with E-state index in [1.165, 1.54) is 6.42 Å². The third kappa shape index (κ3) is 2.69. The van der Waals surface area contributed by atoms with Crippen LogP contribution in [0.25, 0.3) is 11.0 Å². The predicted octanol–water partition coefficient (Wildman–Crippen LogP) is 4.04. The molecular weight excluding hydrogens is 252 g/mol. The Morgan fingerprint density at radius 2 is 2.10 bits per heavy atom. The lowest BCUT2D eigenvalue weighted by atomic mass is 10.00. The second-order valence-electron chi connectivity index (χ2n) is 5.64. The topological polar surface area (TPSA) is 55.1 Å². The van der Waals surface area contributed by atoms with Crippen molar-refractivity contribution in [2.24, 2.45) is 5.92 Å². The van der Waals surface area contributed by atoms with Gasteiger partial charge in [0.25, 0.3) is 0 Å². The average Bonchev–Trinajstić information content (AvgIpc) is 2.73. The number of fused-ring (bicyclic) bond motifs is 1. The maximum atomic E-state index is 11.0. The molecule has 2 atom stereocenters. The molecule has 2 unspecified atom stereocenters. The Morgan fingerprint density at radius 3 is 2.70 bits per heavy atom. The molecule has 108 valence electrons. The molecule has 0 spiro atoms. The van der Waals surface area contributed by atoms with Crippen molar-refractivity contribution in [1.29, 1.82) is 0 Å². The van der Waals surface area contributed by atoms with E-state index in [4.69, 9.17) is 5.11 Å². The maximum Gasteiger partial charge on any atom is 0.335 e. The quantitative estimate of drug-likeness (QED) is 0.895. The van der Waals surface area contributed by atoms with E-state index in [1.807, 2.05) is 13.0 Å². The summed E-state index contributed by atoms with van der Waals surface area (Å²) in [6.07, 6.45) is 2.27. The van der Waals surface area contributed by atoms with E-state index in [0.29, 0.717) is 12.0 Å². The van der Waals surface area contributed by atoms with Crippen molar-refractivity contribution in [2.45, 2.75) is 46.6 Å². The van der Waals surface area contributed by atoms with Crippen LogP contribution in [0.5, 0.6) is 0 Å². The Hall–Kier alpha value is -1.84. The van der Waals surface area contributed by atoms with Crippen LogP contribution in [0.3, 0.4) is 0 Å². The fourth-order valence-corrected chi connectivity index (χ4v) is 2.76. The third-order valence-corrected chi connectivity index (χ3v) is 3.99. The minimum absolute atomic E-state index is 0.289. The zero-order valence-electron chi connectivity index (χ0n) is 12.6. The number of carboxylic acids is 1. The first-order valence-electron chi connectivity index (χ1n) is 7.15.